The van der Waals surface area contributed by atoms with Gasteiger partial charge in [0.25, 0.3) is 11.8 Å². The number of H-pyrrole nitrogens is 1. The van der Waals surface area contributed by atoms with Crippen LogP contribution in [-0.4, -0.2) is 30.4 Å². The second-order valence-electron chi connectivity index (χ2n) is 5.17. The van der Waals surface area contributed by atoms with E-state index in [0.717, 1.165) is 5.56 Å². The fourth-order valence-corrected chi connectivity index (χ4v) is 2.19. The molecule has 0 fully saturated rings. The van der Waals surface area contributed by atoms with Crippen molar-refractivity contribution in [2.75, 3.05) is 13.6 Å². The van der Waals surface area contributed by atoms with Gasteiger partial charge >= 0.3 is 0 Å². The second-order valence-corrected chi connectivity index (χ2v) is 5.17. The number of carbonyl (C=O) groups excluding carboxylic acids is 2. The third-order valence-corrected chi connectivity index (χ3v) is 3.46. The van der Waals surface area contributed by atoms with Crippen LogP contribution in [0, 0.1) is 5.82 Å². The molecule has 0 saturated carbocycles. The van der Waals surface area contributed by atoms with Crippen molar-refractivity contribution in [2.24, 2.45) is 0 Å². The Kier molecular flexibility index (Phi) is 5.57. The van der Waals surface area contributed by atoms with Crippen molar-refractivity contribution in [2.45, 2.75) is 20.0 Å². The molecule has 0 radical (unpaired) electrons. The van der Waals surface area contributed by atoms with Crippen LogP contribution in [0.3, 0.4) is 0 Å². The van der Waals surface area contributed by atoms with Gasteiger partial charge < -0.3 is 20.4 Å². The van der Waals surface area contributed by atoms with Gasteiger partial charge in [0, 0.05) is 19.7 Å². The summed E-state index contributed by atoms with van der Waals surface area (Å²) in [7, 11) is 1.49. The molecule has 7 heteroatoms. The van der Waals surface area contributed by atoms with Gasteiger partial charge in [-0.1, -0.05) is 12.1 Å². The predicted molar refractivity (Wildman–Crippen MR) is 87.6 cm³/mol. The van der Waals surface area contributed by atoms with Crippen LogP contribution in [0.1, 0.15) is 46.5 Å². The van der Waals surface area contributed by atoms with Crippen molar-refractivity contribution < 1.29 is 18.7 Å². The molecule has 0 bridgehead atoms. The molecule has 2 rings (SSSR count). The van der Waals surface area contributed by atoms with Crippen molar-refractivity contribution in [3.05, 3.63) is 53.1 Å². The van der Waals surface area contributed by atoms with Crippen molar-refractivity contribution in [1.82, 2.24) is 15.6 Å². The summed E-state index contributed by atoms with van der Waals surface area (Å²) in [5.41, 5.74) is 1.14. The first-order valence-corrected chi connectivity index (χ1v) is 7.61. The Balaban J connectivity index is 2.28. The number of rotatable bonds is 6. The van der Waals surface area contributed by atoms with E-state index in [0.29, 0.717) is 6.54 Å². The van der Waals surface area contributed by atoms with E-state index in [9.17, 15) is 14.0 Å². The molecule has 128 valence electrons. The second kappa shape index (κ2) is 7.63. The molecule has 0 aliphatic carbocycles. The van der Waals surface area contributed by atoms with E-state index >= 15 is 0 Å². The maximum absolute atomic E-state index is 13.0. The van der Waals surface area contributed by atoms with E-state index in [1.54, 1.807) is 26.0 Å². The summed E-state index contributed by atoms with van der Waals surface area (Å²) in [5.74, 6) is -0.802. The number of hydrogen-bond acceptors (Lipinski definition) is 3. The molecule has 0 unspecified atom stereocenters. The molecule has 0 spiro atoms. The van der Waals surface area contributed by atoms with Crippen molar-refractivity contribution in [3.63, 3.8) is 0 Å². The van der Waals surface area contributed by atoms with Gasteiger partial charge in [-0.2, -0.15) is 0 Å². The van der Waals surface area contributed by atoms with E-state index in [2.05, 4.69) is 15.6 Å². The lowest BCUT2D eigenvalue weighted by atomic mass is 10.1. The molecule has 2 aromatic rings. The van der Waals surface area contributed by atoms with Crippen LogP contribution >= 0.6 is 0 Å². The Morgan fingerprint density at radius 3 is 2.50 bits per heavy atom. The highest BCUT2D eigenvalue weighted by molar-refractivity contribution is 5.99. The first-order chi connectivity index (χ1) is 11.5. The van der Waals surface area contributed by atoms with Gasteiger partial charge in [0.15, 0.2) is 5.75 Å². The summed E-state index contributed by atoms with van der Waals surface area (Å²) < 4.78 is 18.8. The van der Waals surface area contributed by atoms with Crippen LogP contribution < -0.4 is 15.4 Å². The maximum atomic E-state index is 13.0. The summed E-state index contributed by atoms with van der Waals surface area (Å²) in [4.78, 5) is 26.7. The molecular formula is C17H20FN3O3. The lowest BCUT2D eigenvalue weighted by molar-refractivity contribution is 0.0951. The van der Waals surface area contributed by atoms with Gasteiger partial charge in [0.1, 0.15) is 23.3 Å². The normalized spacial score (nSPS) is 11.7. The molecule has 1 aromatic heterocycles. The van der Waals surface area contributed by atoms with Gasteiger partial charge in [-0.15, -0.1) is 0 Å². The van der Waals surface area contributed by atoms with Gasteiger partial charge in [0.2, 0.25) is 0 Å². The Morgan fingerprint density at radius 1 is 1.25 bits per heavy atom. The van der Waals surface area contributed by atoms with Crippen LogP contribution in [-0.2, 0) is 0 Å². The summed E-state index contributed by atoms with van der Waals surface area (Å²) in [6.45, 7) is 4.05. The SMILES string of the molecule is CCNC(=O)c1cc(O[C@H](C)c2ccc(F)cc2)c(C(=O)NC)[nH]1. The van der Waals surface area contributed by atoms with Gasteiger partial charge in [-0.05, 0) is 31.5 Å². The molecule has 6 nitrogen and oxygen atoms in total. The van der Waals surface area contributed by atoms with Crippen molar-refractivity contribution in [1.29, 1.82) is 0 Å². The van der Waals surface area contributed by atoms with E-state index in [4.69, 9.17) is 4.74 Å². The average molecular weight is 333 g/mol. The number of ether oxygens (including phenoxy) is 1. The summed E-state index contributed by atoms with van der Waals surface area (Å²) in [6.07, 6.45) is -0.424. The number of aromatic amines is 1. The Morgan fingerprint density at radius 2 is 1.92 bits per heavy atom. The molecule has 3 N–H and O–H groups in total. The molecule has 24 heavy (non-hydrogen) atoms. The third-order valence-electron chi connectivity index (χ3n) is 3.46. The molecule has 1 atom stereocenters. The maximum Gasteiger partial charge on any atom is 0.271 e. The first-order valence-electron chi connectivity index (χ1n) is 7.61. The fourth-order valence-electron chi connectivity index (χ4n) is 2.19. The minimum atomic E-state index is -0.424. The zero-order chi connectivity index (χ0) is 17.7. The topological polar surface area (TPSA) is 83.2 Å². The summed E-state index contributed by atoms with van der Waals surface area (Å²) in [5, 5.41) is 5.15. The Bertz CT molecular complexity index is 725. The highest BCUT2D eigenvalue weighted by atomic mass is 19.1. The van der Waals surface area contributed by atoms with E-state index < -0.39 is 12.0 Å². The number of carbonyl (C=O) groups is 2. The van der Waals surface area contributed by atoms with Gasteiger partial charge in [-0.25, -0.2) is 4.39 Å². The standard InChI is InChI=1S/C17H20FN3O3/c1-4-20-16(22)13-9-14(15(21-13)17(23)19-3)24-10(2)11-5-7-12(18)8-6-11/h5-10,21H,4H2,1-3H3,(H,19,23)(H,20,22)/t10-/m1/s1. The van der Waals surface area contributed by atoms with Crippen LogP contribution in [0.2, 0.25) is 0 Å². The van der Waals surface area contributed by atoms with Crippen LogP contribution in [0.4, 0.5) is 4.39 Å². The number of halogens is 1. The van der Waals surface area contributed by atoms with E-state index in [1.165, 1.54) is 25.2 Å². The summed E-state index contributed by atoms with van der Waals surface area (Å²) >= 11 is 0. The number of hydrogen-bond donors (Lipinski definition) is 3. The largest absolute Gasteiger partial charge is 0.484 e. The smallest absolute Gasteiger partial charge is 0.271 e. The molecule has 1 heterocycles. The molecule has 2 amide bonds. The lowest BCUT2D eigenvalue weighted by Crippen LogP contribution is -2.23. The number of benzene rings is 1. The van der Waals surface area contributed by atoms with Crippen molar-refractivity contribution >= 4 is 11.8 Å². The number of nitrogens with one attached hydrogen (secondary N) is 3. The Hall–Kier alpha value is -2.83. The monoisotopic (exact) mass is 333 g/mol. The fraction of sp³-hybridized carbons (Fsp3) is 0.294. The lowest BCUT2D eigenvalue weighted by Gasteiger charge is -2.15. The van der Waals surface area contributed by atoms with Crippen molar-refractivity contribution in [3.8, 4) is 5.75 Å². The average Bonchev–Trinajstić information content (AvgIpc) is 2.99. The third kappa shape index (κ3) is 3.92. The number of amides is 2. The van der Waals surface area contributed by atoms with Crippen LogP contribution in [0.5, 0.6) is 5.75 Å². The molecule has 0 saturated heterocycles. The predicted octanol–water partition coefficient (Wildman–Crippen LogP) is 2.40. The van der Waals surface area contributed by atoms with Crippen LogP contribution in [0.25, 0.3) is 0 Å². The zero-order valence-corrected chi connectivity index (χ0v) is 13.8. The first kappa shape index (κ1) is 17.5. The zero-order valence-electron chi connectivity index (χ0n) is 13.8. The summed E-state index contributed by atoms with van der Waals surface area (Å²) in [6, 6.07) is 7.38. The molecule has 1 aromatic carbocycles. The Labute approximate surface area is 139 Å². The highest BCUT2D eigenvalue weighted by Gasteiger charge is 2.21. The minimum Gasteiger partial charge on any atom is -0.484 e. The minimum absolute atomic E-state index is 0.160. The highest BCUT2D eigenvalue weighted by Crippen LogP contribution is 2.26. The van der Waals surface area contributed by atoms with E-state index in [1.807, 2.05) is 0 Å². The van der Waals surface area contributed by atoms with Gasteiger partial charge in [0.05, 0.1) is 0 Å². The van der Waals surface area contributed by atoms with Crippen LogP contribution in [0.15, 0.2) is 30.3 Å². The number of aromatic nitrogens is 1. The van der Waals surface area contributed by atoms with Gasteiger partial charge in [-0.3, -0.25) is 9.59 Å². The molecular weight excluding hydrogens is 313 g/mol. The molecule has 0 aliphatic rings. The molecule has 0 aliphatic heterocycles. The quantitative estimate of drug-likeness (QED) is 0.759. The van der Waals surface area contributed by atoms with E-state index in [-0.39, 0.29) is 28.9 Å².